The minimum Gasteiger partial charge on any atom is -0.368 e. The largest absolute Gasteiger partial charge is 0.368 e. The van der Waals surface area contributed by atoms with Crippen LogP contribution in [0.2, 0.25) is 0 Å². The molecule has 0 aromatic carbocycles. The molecule has 1 amide bonds. The molecule has 1 rings (SSSR count). The lowest BCUT2D eigenvalue weighted by Gasteiger charge is -2.23. The molecular weight excluding hydrogens is 288 g/mol. The predicted molar refractivity (Wildman–Crippen MR) is 71.4 cm³/mol. The quantitative estimate of drug-likeness (QED) is 0.879. The normalized spacial score (nSPS) is 15.1. The molecule has 0 aliphatic carbocycles. The summed E-state index contributed by atoms with van der Waals surface area (Å²) < 4.78 is 1.07. The molecule has 0 bridgehead atoms. The number of primary amides is 1. The summed E-state index contributed by atoms with van der Waals surface area (Å²) in [5.41, 5.74) is 5.37. The van der Waals surface area contributed by atoms with Gasteiger partial charge in [0.2, 0.25) is 5.91 Å². The molecule has 0 fully saturated rings. The van der Waals surface area contributed by atoms with E-state index in [4.69, 9.17) is 5.73 Å². The molecule has 5 heteroatoms. The van der Waals surface area contributed by atoms with Gasteiger partial charge < -0.3 is 5.73 Å². The average molecular weight is 305 g/mol. The molecule has 1 heterocycles. The van der Waals surface area contributed by atoms with Gasteiger partial charge >= 0.3 is 0 Å². The number of hydrogen-bond acceptors (Lipinski definition) is 3. The van der Waals surface area contributed by atoms with Gasteiger partial charge in [0.1, 0.15) is 0 Å². The molecule has 16 heavy (non-hydrogen) atoms. The fraction of sp³-hybridized carbons (Fsp3) is 0.545. The Morgan fingerprint density at radius 1 is 1.50 bits per heavy atom. The summed E-state index contributed by atoms with van der Waals surface area (Å²) in [6.45, 7) is 6.01. The third-order valence-electron chi connectivity index (χ3n) is 2.44. The topological polar surface area (TPSA) is 55.1 Å². The van der Waals surface area contributed by atoms with Crippen molar-refractivity contribution in [2.75, 3.05) is 0 Å². The molecule has 0 radical (unpaired) electrons. The molecule has 90 valence electrons. The van der Waals surface area contributed by atoms with E-state index in [1.807, 2.05) is 32.2 Å². The molecule has 2 unspecified atom stereocenters. The first-order chi connectivity index (χ1) is 7.43. The van der Waals surface area contributed by atoms with Crippen molar-refractivity contribution < 1.29 is 4.79 Å². The van der Waals surface area contributed by atoms with Crippen LogP contribution in [0, 0.1) is 5.92 Å². The Kier molecular flexibility index (Phi) is 4.95. The zero-order valence-corrected chi connectivity index (χ0v) is 12.1. The number of thiophene rings is 1. The van der Waals surface area contributed by atoms with Gasteiger partial charge in [0.25, 0.3) is 0 Å². The molecule has 1 aromatic rings. The molecule has 0 saturated carbocycles. The molecule has 3 nitrogen and oxygen atoms in total. The van der Waals surface area contributed by atoms with Gasteiger partial charge in [-0.1, -0.05) is 13.8 Å². The molecule has 0 aliphatic rings. The van der Waals surface area contributed by atoms with Gasteiger partial charge in [-0.25, -0.2) is 0 Å². The zero-order chi connectivity index (χ0) is 12.3. The second-order valence-corrected chi connectivity index (χ2v) is 5.95. The Morgan fingerprint density at radius 3 is 2.50 bits per heavy atom. The monoisotopic (exact) mass is 304 g/mol. The number of carbonyl (C=O) groups excluding carboxylic acids is 1. The van der Waals surface area contributed by atoms with Gasteiger partial charge in [-0.15, -0.1) is 11.3 Å². The van der Waals surface area contributed by atoms with Crippen molar-refractivity contribution in [2.24, 2.45) is 11.7 Å². The number of halogens is 1. The summed E-state index contributed by atoms with van der Waals surface area (Å²) in [4.78, 5) is 12.5. The smallest absolute Gasteiger partial charge is 0.234 e. The van der Waals surface area contributed by atoms with Gasteiger partial charge in [0, 0.05) is 15.4 Å². The lowest BCUT2D eigenvalue weighted by molar-refractivity contribution is -0.121. The summed E-state index contributed by atoms with van der Waals surface area (Å²) in [7, 11) is 0. The van der Waals surface area contributed by atoms with Crippen molar-refractivity contribution >= 4 is 33.2 Å². The van der Waals surface area contributed by atoms with Crippen LogP contribution in [-0.4, -0.2) is 11.9 Å². The van der Waals surface area contributed by atoms with E-state index >= 15 is 0 Å². The van der Waals surface area contributed by atoms with Crippen molar-refractivity contribution in [3.8, 4) is 0 Å². The van der Waals surface area contributed by atoms with Gasteiger partial charge in [-0.2, -0.15) is 0 Å². The molecule has 0 spiro atoms. The van der Waals surface area contributed by atoms with Crippen LogP contribution in [0.25, 0.3) is 0 Å². The van der Waals surface area contributed by atoms with E-state index in [1.165, 1.54) is 4.88 Å². The lowest BCUT2D eigenvalue weighted by atomic mass is 10.0. The fourth-order valence-corrected chi connectivity index (χ4v) is 3.30. The van der Waals surface area contributed by atoms with E-state index in [2.05, 4.69) is 21.2 Å². The molecule has 0 aliphatic heterocycles. The zero-order valence-electron chi connectivity index (χ0n) is 9.66. The van der Waals surface area contributed by atoms with Crippen LogP contribution in [0.1, 0.15) is 31.7 Å². The van der Waals surface area contributed by atoms with Crippen LogP contribution in [0.4, 0.5) is 0 Å². The molecule has 3 N–H and O–H groups in total. The maximum absolute atomic E-state index is 11.3. The first-order valence-corrected chi connectivity index (χ1v) is 6.89. The van der Waals surface area contributed by atoms with E-state index < -0.39 is 0 Å². The number of amides is 1. The Labute approximate surface area is 109 Å². The highest BCUT2D eigenvalue weighted by atomic mass is 79.9. The highest BCUT2D eigenvalue weighted by Gasteiger charge is 2.22. The molecule has 2 atom stereocenters. The summed E-state index contributed by atoms with van der Waals surface area (Å²) in [6.07, 6.45) is 0. The predicted octanol–water partition coefficient (Wildman–Crippen LogP) is 2.67. The van der Waals surface area contributed by atoms with Crippen molar-refractivity contribution in [1.29, 1.82) is 0 Å². The SMILES string of the molecule is CC(NC(C(N)=O)C(C)C)c1sccc1Br. The van der Waals surface area contributed by atoms with Gasteiger partial charge in [-0.3, -0.25) is 10.1 Å². The van der Waals surface area contributed by atoms with Crippen molar-refractivity contribution in [3.63, 3.8) is 0 Å². The summed E-state index contributed by atoms with van der Waals surface area (Å²) in [5.74, 6) is -0.104. The minimum atomic E-state index is -0.297. The van der Waals surface area contributed by atoms with Crippen LogP contribution in [-0.2, 0) is 4.79 Å². The Balaban J connectivity index is 2.73. The number of nitrogens with one attached hydrogen (secondary N) is 1. The maximum atomic E-state index is 11.3. The Morgan fingerprint density at radius 2 is 2.12 bits per heavy atom. The van der Waals surface area contributed by atoms with Crippen molar-refractivity contribution in [1.82, 2.24) is 5.32 Å². The van der Waals surface area contributed by atoms with E-state index in [0.29, 0.717) is 0 Å². The van der Waals surface area contributed by atoms with E-state index in [1.54, 1.807) is 11.3 Å². The van der Waals surface area contributed by atoms with E-state index in [9.17, 15) is 4.79 Å². The Hall–Kier alpha value is -0.390. The van der Waals surface area contributed by atoms with Crippen LogP contribution in [0.5, 0.6) is 0 Å². The second-order valence-electron chi connectivity index (χ2n) is 4.15. The van der Waals surface area contributed by atoms with Crippen LogP contribution in [0.3, 0.4) is 0 Å². The standard InChI is InChI=1S/C11H17BrN2OS/c1-6(2)9(11(13)15)14-7(3)10-8(12)4-5-16-10/h4-7,9,14H,1-3H3,(H2,13,15). The molecular formula is C11H17BrN2OS. The number of hydrogen-bond donors (Lipinski definition) is 2. The van der Waals surface area contributed by atoms with E-state index in [-0.39, 0.29) is 23.9 Å². The summed E-state index contributed by atoms with van der Waals surface area (Å²) in [6, 6.07) is 1.84. The first-order valence-electron chi connectivity index (χ1n) is 5.21. The number of rotatable bonds is 5. The maximum Gasteiger partial charge on any atom is 0.234 e. The average Bonchev–Trinajstić information content (AvgIpc) is 2.59. The molecule has 0 saturated heterocycles. The van der Waals surface area contributed by atoms with Gasteiger partial charge in [0.15, 0.2) is 0 Å². The highest BCUT2D eigenvalue weighted by molar-refractivity contribution is 9.10. The van der Waals surface area contributed by atoms with Crippen molar-refractivity contribution in [3.05, 3.63) is 20.8 Å². The summed E-state index contributed by atoms with van der Waals surface area (Å²) in [5, 5.41) is 5.29. The summed E-state index contributed by atoms with van der Waals surface area (Å²) >= 11 is 5.15. The number of carbonyl (C=O) groups is 1. The van der Waals surface area contributed by atoms with Crippen molar-refractivity contribution in [2.45, 2.75) is 32.9 Å². The van der Waals surface area contributed by atoms with Gasteiger partial charge in [0.05, 0.1) is 6.04 Å². The Bertz CT molecular complexity index is 365. The minimum absolute atomic E-state index is 0.120. The highest BCUT2D eigenvalue weighted by Crippen LogP contribution is 2.29. The van der Waals surface area contributed by atoms with Crippen LogP contribution < -0.4 is 11.1 Å². The lowest BCUT2D eigenvalue weighted by Crippen LogP contribution is -2.45. The second kappa shape index (κ2) is 5.80. The van der Waals surface area contributed by atoms with Crippen LogP contribution in [0.15, 0.2) is 15.9 Å². The van der Waals surface area contributed by atoms with E-state index in [0.717, 1.165) is 4.47 Å². The third kappa shape index (κ3) is 3.30. The molecule has 1 aromatic heterocycles. The number of nitrogens with two attached hydrogens (primary N) is 1. The fourth-order valence-electron chi connectivity index (χ4n) is 1.56. The first kappa shape index (κ1) is 13.7. The van der Waals surface area contributed by atoms with Gasteiger partial charge in [-0.05, 0) is 40.2 Å². The van der Waals surface area contributed by atoms with Crippen LogP contribution >= 0.6 is 27.3 Å². The third-order valence-corrected chi connectivity index (χ3v) is 4.49.